The maximum atomic E-state index is 6.23. The first-order chi connectivity index (χ1) is 9.82. The second-order valence-corrected chi connectivity index (χ2v) is 8.36. The molecule has 1 aromatic rings. The van der Waals surface area contributed by atoms with Gasteiger partial charge in [-0.25, -0.2) is 0 Å². The molecule has 1 fully saturated rings. The van der Waals surface area contributed by atoms with Crippen molar-refractivity contribution in [2.75, 3.05) is 19.6 Å². The number of nitrogens with zero attached hydrogens (tertiary/aromatic N) is 1. The highest BCUT2D eigenvalue weighted by atomic mass is 79.9. The average Bonchev–Trinajstić information content (AvgIpc) is 2.43. The van der Waals surface area contributed by atoms with Gasteiger partial charge in [0.1, 0.15) is 0 Å². The number of hydrogen-bond acceptors (Lipinski definition) is 2. The molecule has 1 aliphatic heterocycles. The summed E-state index contributed by atoms with van der Waals surface area (Å²) in [6, 6.07) is 6.46. The van der Waals surface area contributed by atoms with Crippen molar-refractivity contribution in [1.29, 1.82) is 0 Å². The van der Waals surface area contributed by atoms with E-state index in [-0.39, 0.29) is 6.04 Å². The fourth-order valence-corrected chi connectivity index (χ4v) is 3.73. The van der Waals surface area contributed by atoms with Gasteiger partial charge in [0, 0.05) is 17.1 Å². The summed E-state index contributed by atoms with van der Waals surface area (Å²) in [5.41, 5.74) is 7.68. The first-order valence-electron chi connectivity index (χ1n) is 7.72. The molecule has 0 aliphatic carbocycles. The molecule has 0 spiro atoms. The minimum Gasteiger partial charge on any atom is -0.329 e. The Morgan fingerprint density at radius 1 is 1.33 bits per heavy atom. The zero-order chi connectivity index (χ0) is 15.6. The quantitative estimate of drug-likeness (QED) is 0.819. The summed E-state index contributed by atoms with van der Waals surface area (Å²) in [7, 11) is 0. The van der Waals surface area contributed by atoms with E-state index >= 15 is 0 Å². The van der Waals surface area contributed by atoms with Crippen molar-refractivity contribution in [2.45, 2.75) is 39.7 Å². The SMILES string of the molecule is CC(C)(C)C1CCN(C(CN)c2ccc(Br)c(Cl)c2)CC1. The second-order valence-electron chi connectivity index (χ2n) is 7.10. The van der Waals surface area contributed by atoms with Crippen LogP contribution in [0.1, 0.15) is 45.2 Å². The molecule has 2 nitrogen and oxygen atoms in total. The molecule has 0 amide bonds. The number of piperidine rings is 1. The fraction of sp³-hybridized carbons (Fsp3) is 0.647. The van der Waals surface area contributed by atoms with Gasteiger partial charge >= 0.3 is 0 Å². The summed E-state index contributed by atoms with van der Waals surface area (Å²) in [4.78, 5) is 2.52. The molecule has 0 bridgehead atoms. The van der Waals surface area contributed by atoms with Gasteiger partial charge in [0.25, 0.3) is 0 Å². The monoisotopic (exact) mass is 372 g/mol. The Bertz CT molecular complexity index is 476. The molecular formula is C17H26BrClN2. The van der Waals surface area contributed by atoms with Crippen LogP contribution in [0.25, 0.3) is 0 Å². The summed E-state index contributed by atoms with van der Waals surface area (Å²) in [6.07, 6.45) is 2.51. The number of halogens is 2. The molecule has 21 heavy (non-hydrogen) atoms. The van der Waals surface area contributed by atoms with Gasteiger partial charge in [0.05, 0.1) is 5.02 Å². The van der Waals surface area contributed by atoms with Crippen molar-refractivity contribution in [2.24, 2.45) is 17.1 Å². The summed E-state index contributed by atoms with van der Waals surface area (Å²) in [5.74, 6) is 0.806. The molecule has 1 heterocycles. The standard InChI is InChI=1S/C17H26BrClN2/c1-17(2,3)13-6-8-21(9-7-13)16(11-20)12-4-5-14(18)15(19)10-12/h4-5,10,13,16H,6-9,11,20H2,1-3H3. The summed E-state index contributed by atoms with van der Waals surface area (Å²) in [6.45, 7) is 9.93. The summed E-state index contributed by atoms with van der Waals surface area (Å²) in [5, 5.41) is 0.760. The average molecular weight is 374 g/mol. The molecule has 1 aliphatic rings. The predicted molar refractivity (Wildman–Crippen MR) is 94.7 cm³/mol. The molecule has 1 unspecified atom stereocenters. The van der Waals surface area contributed by atoms with Gasteiger partial charge in [-0.2, -0.15) is 0 Å². The fourth-order valence-electron chi connectivity index (χ4n) is 3.29. The lowest BCUT2D eigenvalue weighted by Gasteiger charge is -2.41. The van der Waals surface area contributed by atoms with E-state index in [2.05, 4.69) is 47.7 Å². The molecule has 0 radical (unpaired) electrons. The molecular weight excluding hydrogens is 348 g/mol. The van der Waals surface area contributed by atoms with Crippen LogP contribution in [0.5, 0.6) is 0 Å². The molecule has 118 valence electrons. The molecule has 2 N–H and O–H groups in total. The lowest BCUT2D eigenvalue weighted by molar-refractivity contribution is 0.0846. The number of benzene rings is 1. The van der Waals surface area contributed by atoms with E-state index in [1.807, 2.05) is 12.1 Å². The first kappa shape index (κ1) is 17.3. The van der Waals surface area contributed by atoms with Gasteiger partial charge in [-0.05, 0) is 70.9 Å². The third-order valence-corrected chi connectivity index (χ3v) is 5.98. The van der Waals surface area contributed by atoms with E-state index < -0.39 is 0 Å². The second kappa shape index (κ2) is 6.99. The minimum absolute atomic E-state index is 0.275. The number of hydrogen-bond donors (Lipinski definition) is 1. The molecule has 0 aromatic heterocycles. The smallest absolute Gasteiger partial charge is 0.0551 e. The predicted octanol–water partition coefficient (Wildman–Crippen LogP) is 4.86. The van der Waals surface area contributed by atoms with Crippen molar-refractivity contribution < 1.29 is 0 Å². The van der Waals surface area contributed by atoms with Crippen molar-refractivity contribution in [3.05, 3.63) is 33.3 Å². The van der Waals surface area contributed by atoms with Gasteiger partial charge in [-0.15, -0.1) is 0 Å². The van der Waals surface area contributed by atoms with E-state index in [0.29, 0.717) is 12.0 Å². The van der Waals surface area contributed by atoms with Crippen LogP contribution < -0.4 is 5.73 Å². The van der Waals surface area contributed by atoms with Gasteiger partial charge in [-0.3, -0.25) is 4.90 Å². The molecule has 0 saturated carbocycles. The Labute approximate surface area is 142 Å². The van der Waals surface area contributed by atoms with Crippen molar-refractivity contribution >= 4 is 27.5 Å². The Kier molecular flexibility index (Phi) is 5.75. The van der Waals surface area contributed by atoms with Crippen LogP contribution in [0.2, 0.25) is 5.02 Å². The molecule has 1 saturated heterocycles. The Hall–Kier alpha value is -0.0900. The maximum Gasteiger partial charge on any atom is 0.0551 e. The van der Waals surface area contributed by atoms with Crippen LogP contribution in [-0.4, -0.2) is 24.5 Å². The highest BCUT2D eigenvalue weighted by Crippen LogP contribution is 2.37. The Morgan fingerprint density at radius 2 is 1.95 bits per heavy atom. The van der Waals surface area contributed by atoms with Crippen LogP contribution in [0.4, 0.5) is 0 Å². The van der Waals surface area contributed by atoms with E-state index in [1.54, 1.807) is 0 Å². The van der Waals surface area contributed by atoms with E-state index in [1.165, 1.54) is 18.4 Å². The zero-order valence-electron chi connectivity index (χ0n) is 13.2. The van der Waals surface area contributed by atoms with Gasteiger partial charge < -0.3 is 5.73 Å². The zero-order valence-corrected chi connectivity index (χ0v) is 15.5. The first-order valence-corrected chi connectivity index (χ1v) is 8.89. The minimum atomic E-state index is 0.275. The van der Waals surface area contributed by atoms with Crippen molar-refractivity contribution in [1.82, 2.24) is 4.90 Å². The molecule has 1 atom stereocenters. The van der Waals surface area contributed by atoms with Crippen LogP contribution in [0.3, 0.4) is 0 Å². The van der Waals surface area contributed by atoms with Crippen molar-refractivity contribution in [3.63, 3.8) is 0 Å². The van der Waals surface area contributed by atoms with Crippen molar-refractivity contribution in [3.8, 4) is 0 Å². The van der Waals surface area contributed by atoms with E-state index in [4.69, 9.17) is 17.3 Å². The molecule has 2 rings (SSSR count). The number of nitrogens with two attached hydrogens (primary N) is 1. The Balaban J connectivity index is 2.07. The van der Waals surface area contributed by atoms with Crippen LogP contribution in [0, 0.1) is 11.3 Å². The third kappa shape index (κ3) is 4.22. The molecule has 4 heteroatoms. The van der Waals surface area contributed by atoms with Crippen LogP contribution >= 0.6 is 27.5 Å². The van der Waals surface area contributed by atoms with Crippen LogP contribution in [0.15, 0.2) is 22.7 Å². The van der Waals surface area contributed by atoms with Gasteiger partial charge in [0.2, 0.25) is 0 Å². The molecule has 1 aromatic carbocycles. The highest BCUT2D eigenvalue weighted by Gasteiger charge is 2.31. The number of rotatable bonds is 3. The highest BCUT2D eigenvalue weighted by molar-refractivity contribution is 9.10. The number of likely N-dealkylation sites (tertiary alicyclic amines) is 1. The van der Waals surface area contributed by atoms with E-state index in [9.17, 15) is 0 Å². The lowest BCUT2D eigenvalue weighted by atomic mass is 9.75. The summed E-state index contributed by atoms with van der Waals surface area (Å²) >= 11 is 9.68. The lowest BCUT2D eigenvalue weighted by Crippen LogP contribution is -2.42. The van der Waals surface area contributed by atoms with Gasteiger partial charge in [-0.1, -0.05) is 38.4 Å². The van der Waals surface area contributed by atoms with E-state index in [0.717, 1.165) is 28.5 Å². The normalized spacial score (nSPS) is 19.7. The topological polar surface area (TPSA) is 29.3 Å². The van der Waals surface area contributed by atoms with Gasteiger partial charge in [0.15, 0.2) is 0 Å². The van der Waals surface area contributed by atoms with Crippen LogP contribution in [-0.2, 0) is 0 Å². The third-order valence-electron chi connectivity index (χ3n) is 4.75. The summed E-state index contributed by atoms with van der Waals surface area (Å²) < 4.78 is 0.940. The maximum absolute atomic E-state index is 6.23. The largest absolute Gasteiger partial charge is 0.329 e. The Morgan fingerprint density at radius 3 is 2.43 bits per heavy atom.